The van der Waals surface area contributed by atoms with Crippen LogP contribution in [0.5, 0.6) is 0 Å². The van der Waals surface area contributed by atoms with Gasteiger partial charge in [0.25, 0.3) is 0 Å². The van der Waals surface area contributed by atoms with Gasteiger partial charge in [-0.2, -0.15) is 0 Å². The molecule has 0 saturated heterocycles. The number of nitrogens with one attached hydrogen (secondary N) is 1. The van der Waals surface area contributed by atoms with Crippen molar-refractivity contribution in [2.75, 3.05) is 18.5 Å². The summed E-state index contributed by atoms with van der Waals surface area (Å²) in [5, 5.41) is 2.28. The molecule has 1 rings (SSSR count). The topological polar surface area (TPSA) is 38.3 Å². The van der Waals surface area contributed by atoms with Crippen LogP contribution in [0.2, 0.25) is 0 Å². The predicted molar refractivity (Wildman–Crippen MR) is 59.2 cm³/mol. The number of hydrogen-bond donors (Lipinski definition) is 1. The molecule has 1 aromatic carbocycles. The second-order valence-corrected chi connectivity index (χ2v) is 3.79. The molecule has 0 heterocycles. The molecule has 1 amide bonds. The fraction of sp³-hybridized carbons (Fsp3) is 0.300. The van der Waals surface area contributed by atoms with Crippen molar-refractivity contribution in [1.82, 2.24) is 0 Å². The van der Waals surface area contributed by atoms with E-state index < -0.39 is 17.5 Å². The van der Waals surface area contributed by atoms with Crippen molar-refractivity contribution in [1.29, 1.82) is 0 Å². The second-order valence-electron chi connectivity index (χ2n) is 2.93. The zero-order chi connectivity index (χ0) is 12.1. The molecule has 0 saturated carbocycles. The molecule has 0 aliphatic heterocycles. The third-order valence-corrected chi connectivity index (χ3v) is 2.33. The van der Waals surface area contributed by atoms with Crippen LogP contribution in [0.3, 0.4) is 0 Å². The summed E-state index contributed by atoms with van der Waals surface area (Å²) in [4.78, 5) is 11.2. The van der Waals surface area contributed by atoms with Crippen molar-refractivity contribution in [3.63, 3.8) is 0 Å². The van der Waals surface area contributed by atoms with Crippen LogP contribution in [-0.4, -0.2) is 19.1 Å². The van der Waals surface area contributed by atoms with E-state index in [2.05, 4.69) is 21.2 Å². The Morgan fingerprint density at radius 3 is 2.75 bits per heavy atom. The van der Waals surface area contributed by atoms with Crippen molar-refractivity contribution in [2.45, 2.75) is 6.92 Å². The Hall–Kier alpha value is -1.01. The molecule has 0 unspecified atom stereocenters. The number of carbonyl (C=O) groups is 1. The first-order valence-corrected chi connectivity index (χ1v) is 5.36. The van der Waals surface area contributed by atoms with Crippen LogP contribution in [0.1, 0.15) is 6.92 Å². The molecule has 0 atom stereocenters. The molecule has 0 aromatic heterocycles. The summed E-state index contributed by atoms with van der Waals surface area (Å²) < 4.78 is 31.0. The number of hydrogen-bond acceptors (Lipinski definition) is 2. The maximum atomic E-state index is 13.2. The van der Waals surface area contributed by atoms with Crippen LogP contribution in [0.4, 0.5) is 14.5 Å². The van der Waals surface area contributed by atoms with E-state index in [1.165, 1.54) is 0 Å². The van der Waals surface area contributed by atoms with Crippen molar-refractivity contribution in [3.8, 4) is 0 Å². The second kappa shape index (κ2) is 5.91. The number of ether oxygens (including phenoxy) is 1. The SMILES string of the molecule is CCOCC(=O)Nc1cc(Br)c(F)cc1F. The lowest BCUT2D eigenvalue weighted by atomic mass is 10.3. The van der Waals surface area contributed by atoms with E-state index in [9.17, 15) is 13.6 Å². The Bertz CT molecular complexity index is 399. The molecule has 1 aromatic rings. The van der Waals surface area contributed by atoms with Gasteiger partial charge < -0.3 is 10.1 Å². The first-order valence-electron chi connectivity index (χ1n) is 4.56. The van der Waals surface area contributed by atoms with E-state index >= 15 is 0 Å². The molecule has 16 heavy (non-hydrogen) atoms. The van der Waals surface area contributed by atoms with E-state index in [0.29, 0.717) is 12.7 Å². The quantitative estimate of drug-likeness (QED) is 0.867. The third-order valence-electron chi connectivity index (χ3n) is 1.72. The van der Waals surface area contributed by atoms with Gasteiger partial charge in [0, 0.05) is 12.7 Å². The van der Waals surface area contributed by atoms with Crippen LogP contribution in [0.15, 0.2) is 16.6 Å². The monoisotopic (exact) mass is 293 g/mol. The molecule has 3 nitrogen and oxygen atoms in total. The molecule has 0 aliphatic carbocycles. The molecular weight excluding hydrogens is 284 g/mol. The van der Waals surface area contributed by atoms with Gasteiger partial charge in [0.2, 0.25) is 5.91 Å². The molecular formula is C10H10BrF2NO2. The van der Waals surface area contributed by atoms with Crippen molar-refractivity contribution < 1.29 is 18.3 Å². The molecule has 0 spiro atoms. The lowest BCUT2D eigenvalue weighted by molar-refractivity contribution is -0.120. The Balaban J connectivity index is 2.73. The van der Waals surface area contributed by atoms with Gasteiger partial charge in [-0.05, 0) is 28.9 Å². The summed E-state index contributed by atoms with van der Waals surface area (Å²) in [6.45, 7) is 1.97. The van der Waals surface area contributed by atoms with Gasteiger partial charge in [-0.3, -0.25) is 4.79 Å². The van der Waals surface area contributed by atoms with Crippen LogP contribution in [-0.2, 0) is 9.53 Å². The first kappa shape index (κ1) is 13.1. The summed E-state index contributed by atoms with van der Waals surface area (Å²) in [6.07, 6.45) is 0. The Kier molecular flexibility index (Phi) is 4.82. The van der Waals surface area contributed by atoms with Gasteiger partial charge in [0.05, 0.1) is 10.2 Å². The first-order chi connectivity index (χ1) is 7.54. The number of rotatable bonds is 4. The highest BCUT2D eigenvalue weighted by Crippen LogP contribution is 2.23. The van der Waals surface area contributed by atoms with Crippen molar-refractivity contribution in [3.05, 3.63) is 28.2 Å². The average molecular weight is 294 g/mol. The van der Waals surface area contributed by atoms with E-state index in [1.54, 1.807) is 6.92 Å². The third kappa shape index (κ3) is 3.53. The van der Waals surface area contributed by atoms with E-state index in [-0.39, 0.29) is 16.8 Å². The number of halogens is 3. The molecule has 88 valence electrons. The predicted octanol–water partition coefficient (Wildman–Crippen LogP) is 2.70. The zero-order valence-electron chi connectivity index (χ0n) is 8.52. The minimum Gasteiger partial charge on any atom is -0.372 e. The number of anilines is 1. The zero-order valence-corrected chi connectivity index (χ0v) is 10.1. The van der Waals surface area contributed by atoms with Gasteiger partial charge in [0.1, 0.15) is 18.2 Å². The minimum absolute atomic E-state index is 0.0839. The highest BCUT2D eigenvalue weighted by molar-refractivity contribution is 9.10. The average Bonchev–Trinajstić information content (AvgIpc) is 2.23. The lowest BCUT2D eigenvalue weighted by Gasteiger charge is -2.07. The lowest BCUT2D eigenvalue weighted by Crippen LogP contribution is -2.19. The van der Waals surface area contributed by atoms with Gasteiger partial charge in [-0.25, -0.2) is 8.78 Å². The highest BCUT2D eigenvalue weighted by Gasteiger charge is 2.10. The largest absolute Gasteiger partial charge is 0.372 e. The fourth-order valence-electron chi connectivity index (χ4n) is 0.999. The Morgan fingerprint density at radius 1 is 1.44 bits per heavy atom. The summed E-state index contributed by atoms with van der Waals surface area (Å²) in [5.74, 6) is -2.04. The van der Waals surface area contributed by atoms with Crippen LogP contribution in [0, 0.1) is 11.6 Å². The fourth-order valence-corrected chi connectivity index (χ4v) is 1.34. The standard InChI is InChI=1S/C10H10BrF2NO2/c1-2-16-5-10(15)14-9-3-6(11)7(12)4-8(9)13/h3-4H,2,5H2,1H3,(H,14,15). The van der Waals surface area contributed by atoms with E-state index in [0.717, 1.165) is 6.07 Å². The smallest absolute Gasteiger partial charge is 0.250 e. The molecule has 6 heteroatoms. The van der Waals surface area contributed by atoms with Crippen molar-refractivity contribution in [2.24, 2.45) is 0 Å². The maximum Gasteiger partial charge on any atom is 0.250 e. The normalized spacial score (nSPS) is 10.2. The Morgan fingerprint density at radius 2 is 2.12 bits per heavy atom. The minimum atomic E-state index is -0.828. The highest BCUT2D eigenvalue weighted by atomic mass is 79.9. The van der Waals surface area contributed by atoms with Crippen LogP contribution < -0.4 is 5.32 Å². The van der Waals surface area contributed by atoms with E-state index in [4.69, 9.17) is 4.74 Å². The van der Waals surface area contributed by atoms with Gasteiger partial charge >= 0.3 is 0 Å². The number of carbonyl (C=O) groups excluding carboxylic acids is 1. The number of amides is 1. The molecule has 1 N–H and O–H groups in total. The molecule has 0 aliphatic rings. The molecule has 0 radical (unpaired) electrons. The summed E-state index contributed by atoms with van der Waals surface area (Å²) in [7, 11) is 0. The van der Waals surface area contributed by atoms with Gasteiger partial charge in [-0.1, -0.05) is 0 Å². The maximum absolute atomic E-state index is 13.2. The Labute approximate surface area is 99.9 Å². The van der Waals surface area contributed by atoms with Crippen molar-refractivity contribution >= 4 is 27.5 Å². The van der Waals surface area contributed by atoms with Gasteiger partial charge in [-0.15, -0.1) is 0 Å². The summed E-state index contributed by atoms with van der Waals surface area (Å²) in [5.41, 5.74) is -0.0852. The summed E-state index contributed by atoms with van der Waals surface area (Å²) in [6, 6.07) is 1.86. The van der Waals surface area contributed by atoms with Gasteiger partial charge in [0.15, 0.2) is 0 Å². The summed E-state index contributed by atoms with van der Waals surface area (Å²) >= 11 is 2.90. The molecule has 0 bridgehead atoms. The van der Waals surface area contributed by atoms with E-state index in [1.807, 2.05) is 0 Å². The molecule has 0 fully saturated rings. The number of benzene rings is 1. The van der Waals surface area contributed by atoms with Crippen LogP contribution in [0.25, 0.3) is 0 Å². The van der Waals surface area contributed by atoms with Crippen LogP contribution >= 0.6 is 15.9 Å².